The van der Waals surface area contributed by atoms with Gasteiger partial charge in [-0.2, -0.15) is 0 Å². The summed E-state index contributed by atoms with van der Waals surface area (Å²) in [5.41, 5.74) is -0.389. The Morgan fingerprint density at radius 1 is 1.00 bits per heavy atom. The second-order valence-corrected chi connectivity index (χ2v) is 6.88. The number of para-hydroxylation sites is 2. The number of hydrogen-bond acceptors (Lipinski definition) is 5. The van der Waals surface area contributed by atoms with Crippen LogP contribution in [0.4, 0.5) is 14.5 Å². The van der Waals surface area contributed by atoms with Crippen LogP contribution in [0.25, 0.3) is 0 Å². The van der Waals surface area contributed by atoms with E-state index in [-0.39, 0.29) is 11.5 Å². The quantitative estimate of drug-likeness (QED) is 0.591. The van der Waals surface area contributed by atoms with E-state index in [1.807, 2.05) is 5.32 Å². The molecule has 0 spiro atoms. The third-order valence-electron chi connectivity index (χ3n) is 4.21. The van der Waals surface area contributed by atoms with Crippen molar-refractivity contribution in [1.82, 2.24) is 5.32 Å². The minimum atomic E-state index is -1.06. The molecule has 0 radical (unpaired) electrons. The normalized spacial score (nSPS) is 11.5. The molecule has 166 valence electrons. The summed E-state index contributed by atoms with van der Waals surface area (Å²) in [6.07, 6.45) is 0. The zero-order chi connectivity index (χ0) is 23.0. The first-order valence-corrected chi connectivity index (χ1v) is 9.67. The van der Waals surface area contributed by atoms with E-state index in [0.29, 0.717) is 12.4 Å². The van der Waals surface area contributed by atoms with E-state index < -0.39 is 47.8 Å². The van der Waals surface area contributed by atoms with Gasteiger partial charge in [0.1, 0.15) is 29.1 Å². The Kier molecular flexibility index (Phi) is 8.48. The molecule has 7 nitrogen and oxygen atoms in total. The Balaban J connectivity index is 2.01. The van der Waals surface area contributed by atoms with Crippen LogP contribution < -0.4 is 15.4 Å². The molecule has 0 aliphatic carbocycles. The summed E-state index contributed by atoms with van der Waals surface area (Å²) in [6, 6.07) is 8.62. The van der Waals surface area contributed by atoms with Gasteiger partial charge in [0.05, 0.1) is 12.2 Å². The van der Waals surface area contributed by atoms with Gasteiger partial charge < -0.3 is 20.1 Å². The van der Waals surface area contributed by atoms with Crippen LogP contribution in [0.1, 0.15) is 31.1 Å². The third kappa shape index (κ3) is 6.50. The predicted octanol–water partition coefficient (Wildman–Crippen LogP) is 3.30. The van der Waals surface area contributed by atoms with Crippen LogP contribution in [-0.2, 0) is 14.3 Å². The molecule has 31 heavy (non-hydrogen) atoms. The molecule has 2 rings (SSSR count). The smallest absolute Gasteiger partial charge is 0.329 e. The zero-order valence-electron chi connectivity index (χ0n) is 17.4. The zero-order valence-corrected chi connectivity index (χ0v) is 17.4. The first kappa shape index (κ1) is 23.8. The highest BCUT2D eigenvalue weighted by atomic mass is 19.1. The molecular formula is C22H24F2N2O5. The first-order chi connectivity index (χ1) is 14.7. The molecule has 2 aromatic carbocycles. The fourth-order valence-corrected chi connectivity index (χ4v) is 2.67. The number of ether oxygens (including phenoxy) is 2. The Labute approximate surface area is 178 Å². The molecule has 2 aromatic rings. The lowest BCUT2D eigenvalue weighted by atomic mass is 10.0. The largest absolute Gasteiger partial charge is 0.493 e. The van der Waals surface area contributed by atoms with Crippen molar-refractivity contribution in [3.05, 3.63) is 59.7 Å². The van der Waals surface area contributed by atoms with Crippen LogP contribution in [0.2, 0.25) is 0 Å². The third-order valence-corrected chi connectivity index (χ3v) is 4.21. The van der Waals surface area contributed by atoms with Crippen molar-refractivity contribution in [1.29, 1.82) is 0 Å². The van der Waals surface area contributed by atoms with Gasteiger partial charge in [-0.15, -0.1) is 0 Å². The highest BCUT2D eigenvalue weighted by Gasteiger charge is 2.28. The number of rotatable bonds is 9. The number of anilines is 1. The van der Waals surface area contributed by atoms with Gasteiger partial charge in [0, 0.05) is 0 Å². The summed E-state index contributed by atoms with van der Waals surface area (Å²) in [5, 5.41) is 4.60. The molecule has 0 saturated heterocycles. The molecule has 0 fully saturated rings. The summed E-state index contributed by atoms with van der Waals surface area (Å²) < 4.78 is 37.6. The lowest BCUT2D eigenvalue weighted by Crippen LogP contribution is -2.46. The number of halogens is 2. The van der Waals surface area contributed by atoms with Crippen molar-refractivity contribution < 1.29 is 32.6 Å². The average Bonchev–Trinajstić information content (AvgIpc) is 2.73. The molecule has 0 unspecified atom stereocenters. The molecule has 2 amide bonds. The number of benzene rings is 2. The Hall–Kier alpha value is -3.49. The molecule has 0 heterocycles. The standard InChI is InChI=1S/C22H24F2N2O5/c1-4-30-17-11-6-5-8-14(17)21(28)26-19(13(2)3)22(29)31-12-18(27)25-20-15(23)9-7-10-16(20)24/h5-11,13,19H,4,12H2,1-3H3,(H,25,27)(H,26,28)/t19-/m1/s1. The summed E-state index contributed by atoms with van der Waals surface area (Å²) in [4.78, 5) is 37.1. The molecule has 0 aliphatic heterocycles. The van der Waals surface area contributed by atoms with E-state index in [4.69, 9.17) is 9.47 Å². The van der Waals surface area contributed by atoms with Crippen molar-refractivity contribution in [3.8, 4) is 5.75 Å². The average molecular weight is 434 g/mol. The van der Waals surface area contributed by atoms with Crippen molar-refractivity contribution >= 4 is 23.5 Å². The molecular weight excluding hydrogens is 410 g/mol. The van der Waals surface area contributed by atoms with Gasteiger partial charge in [-0.1, -0.05) is 32.0 Å². The number of carbonyl (C=O) groups excluding carboxylic acids is 3. The molecule has 0 aromatic heterocycles. The summed E-state index contributed by atoms with van der Waals surface area (Å²) >= 11 is 0. The van der Waals surface area contributed by atoms with Crippen molar-refractivity contribution in [2.24, 2.45) is 5.92 Å². The number of carbonyl (C=O) groups is 3. The van der Waals surface area contributed by atoms with E-state index in [9.17, 15) is 23.2 Å². The van der Waals surface area contributed by atoms with Crippen LogP contribution in [0.5, 0.6) is 5.75 Å². The monoisotopic (exact) mass is 434 g/mol. The van der Waals surface area contributed by atoms with Gasteiger partial charge in [0.2, 0.25) is 0 Å². The van der Waals surface area contributed by atoms with Crippen LogP contribution in [-0.4, -0.2) is 37.0 Å². The van der Waals surface area contributed by atoms with E-state index >= 15 is 0 Å². The maximum Gasteiger partial charge on any atom is 0.329 e. The van der Waals surface area contributed by atoms with E-state index in [2.05, 4.69) is 5.32 Å². The Morgan fingerprint density at radius 3 is 2.26 bits per heavy atom. The van der Waals surface area contributed by atoms with Gasteiger partial charge in [0.15, 0.2) is 6.61 Å². The first-order valence-electron chi connectivity index (χ1n) is 9.67. The van der Waals surface area contributed by atoms with Gasteiger partial charge in [-0.25, -0.2) is 13.6 Å². The van der Waals surface area contributed by atoms with Crippen LogP contribution in [0, 0.1) is 17.6 Å². The Morgan fingerprint density at radius 2 is 1.65 bits per heavy atom. The van der Waals surface area contributed by atoms with Gasteiger partial charge in [-0.3, -0.25) is 9.59 Å². The molecule has 9 heteroatoms. The highest BCUT2D eigenvalue weighted by molar-refractivity contribution is 5.99. The number of nitrogens with one attached hydrogen (secondary N) is 2. The predicted molar refractivity (Wildman–Crippen MR) is 110 cm³/mol. The fraction of sp³-hybridized carbons (Fsp3) is 0.318. The number of esters is 1. The van der Waals surface area contributed by atoms with Crippen LogP contribution in [0.3, 0.4) is 0 Å². The van der Waals surface area contributed by atoms with E-state index in [1.165, 1.54) is 0 Å². The lowest BCUT2D eigenvalue weighted by Gasteiger charge is -2.21. The summed E-state index contributed by atoms with van der Waals surface area (Å²) in [5.74, 6) is -4.24. The highest BCUT2D eigenvalue weighted by Crippen LogP contribution is 2.19. The number of amides is 2. The van der Waals surface area contributed by atoms with Crippen molar-refractivity contribution in [2.75, 3.05) is 18.5 Å². The lowest BCUT2D eigenvalue weighted by molar-refractivity contribution is -0.150. The van der Waals surface area contributed by atoms with Crippen molar-refractivity contribution in [2.45, 2.75) is 26.8 Å². The van der Waals surface area contributed by atoms with Gasteiger partial charge in [0.25, 0.3) is 11.8 Å². The topological polar surface area (TPSA) is 93.7 Å². The van der Waals surface area contributed by atoms with Crippen molar-refractivity contribution in [3.63, 3.8) is 0 Å². The second kappa shape index (κ2) is 11.1. The fourth-order valence-electron chi connectivity index (χ4n) is 2.67. The minimum Gasteiger partial charge on any atom is -0.493 e. The molecule has 0 aliphatic rings. The molecule has 2 N–H and O–H groups in total. The Bertz CT molecular complexity index is 929. The van der Waals surface area contributed by atoms with Crippen LogP contribution in [0.15, 0.2) is 42.5 Å². The molecule has 0 saturated carbocycles. The second-order valence-electron chi connectivity index (χ2n) is 6.88. The van der Waals surface area contributed by atoms with E-state index in [0.717, 1.165) is 18.2 Å². The summed E-state index contributed by atoms with van der Waals surface area (Å²) in [7, 11) is 0. The minimum absolute atomic E-state index is 0.246. The SMILES string of the molecule is CCOc1ccccc1C(=O)N[C@@H](C(=O)OCC(=O)Nc1c(F)cccc1F)C(C)C. The maximum atomic E-state index is 13.6. The van der Waals surface area contributed by atoms with Gasteiger partial charge >= 0.3 is 5.97 Å². The molecule has 1 atom stereocenters. The van der Waals surface area contributed by atoms with E-state index in [1.54, 1.807) is 45.0 Å². The maximum absolute atomic E-state index is 13.6. The van der Waals surface area contributed by atoms with Crippen LogP contribution >= 0.6 is 0 Å². The molecule has 0 bridgehead atoms. The number of hydrogen-bond donors (Lipinski definition) is 2. The van der Waals surface area contributed by atoms with Gasteiger partial charge in [-0.05, 0) is 37.1 Å². The summed E-state index contributed by atoms with van der Waals surface area (Å²) in [6.45, 7) is 4.74.